The van der Waals surface area contributed by atoms with Gasteiger partial charge in [0.15, 0.2) is 11.5 Å². The average molecular weight is 456 g/mol. The van der Waals surface area contributed by atoms with Gasteiger partial charge in [0.05, 0.1) is 13.7 Å². The zero-order valence-corrected chi connectivity index (χ0v) is 17.9. The minimum atomic E-state index is -0.225. The van der Waals surface area contributed by atoms with Crippen molar-refractivity contribution in [2.75, 3.05) is 19.5 Å². The number of rotatable bonds is 8. The molecule has 0 atom stereocenters. The molecule has 0 spiro atoms. The Bertz CT molecular complexity index is 973. The Hall–Kier alpha value is -2.83. The van der Waals surface area contributed by atoms with Crippen molar-refractivity contribution in [2.45, 2.75) is 13.2 Å². The van der Waals surface area contributed by atoms with Crippen LogP contribution in [0.25, 0.3) is 0 Å². The van der Waals surface area contributed by atoms with E-state index in [1.165, 1.54) is 0 Å². The molecule has 150 valence electrons. The maximum atomic E-state index is 12.6. The van der Waals surface area contributed by atoms with Crippen LogP contribution in [0.5, 0.6) is 11.5 Å². The van der Waals surface area contributed by atoms with Gasteiger partial charge in [0.1, 0.15) is 6.61 Å². The fraction of sp³-hybridized carbons (Fsp3) is 0.174. The largest absolute Gasteiger partial charge is 0.493 e. The minimum Gasteiger partial charge on any atom is -0.493 e. The van der Waals surface area contributed by atoms with Crippen LogP contribution in [0.15, 0.2) is 71.2 Å². The Morgan fingerprint density at radius 2 is 1.69 bits per heavy atom. The maximum absolute atomic E-state index is 12.6. The molecular weight excluding hydrogens is 434 g/mol. The summed E-state index contributed by atoms with van der Waals surface area (Å²) in [5, 5.41) is 2.90. The van der Waals surface area contributed by atoms with Crippen molar-refractivity contribution in [2.24, 2.45) is 0 Å². The molecule has 0 bridgehead atoms. The molecule has 6 heteroatoms. The normalized spacial score (nSPS) is 10.4. The van der Waals surface area contributed by atoms with Crippen molar-refractivity contribution in [3.8, 4) is 11.5 Å². The molecule has 5 nitrogen and oxygen atoms in total. The van der Waals surface area contributed by atoms with Gasteiger partial charge in [-0.25, -0.2) is 0 Å². The summed E-state index contributed by atoms with van der Waals surface area (Å²) in [6.07, 6.45) is 0. The Morgan fingerprint density at radius 3 is 2.41 bits per heavy atom. The molecule has 0 aliphatic heterocycles. The summed E-state index contributed by atoms with van der Waals surface area (Å²) < 4.78 is 17.4. The molecule has 0 saturated carbocycles. The second-order valence-corrected chi connectivity index (χ2v) is 7.28. The third kappa shape index (κ3) is 5.82. The van der Waals surface area contributed by atoms with Gasteiger partial charge in [0, 0.05) is 22.8 Å². The molecule has 3 aromatic rings. The highest BCUT2D eigenvalue weighted by atomic mass is 79.9. The summed E-state index contributed by atoms with van der Waals surface area (Å²) in [6.45, 7) is 0.892. The predicted molar refractivity (Wildman–Crippen MR) is 117 cm³/mol. The molecule has 0 saturated heterocycles. The van der Waals surface area contributed by atoms with Gasteiger partial charge in [0.25, 0.3) is 5.91 Å². The van der Waals surface area contributed by atoms with Crippen LogP contribution in [0.2, 0.25) is 0 Å². The Balaban J connectivity index is 1.69. The first-order chi connectivity index (χ1) is 14.1. The number of hydrogen-bond donors (Lipinski definition) is 1. The third-order valence-electron chi connectivity index (χ3n) is 4.23. The van der Waals surface area contributed by atoms with E-state index < -0.39 is 0 Å². The number of carbonyl (C=O) groups is 1. The first kappa shape index (κ1) is 20.9. The van der Waals surface area contributed by atoms with Gasteiger partial charge in [-0.1, -0.05) is 40.2 Å². The molecular formula is C23H22BrNO4. The highest BCUT2D eigenvalue weighted by Crippen LogP contribution is 2.29. The zero-order chi connectivity index (χ0) is 20.6. The molecule has 3 aromatic carbocycles. The van der Waals surface area contributed by atoms with Crippen LogP contribution in [-0.2, 0) is 18.0 Å². The van der Waals surface area contributed by atoms with Crippen LogP contribution in [-0.4, -0.2) is 20.1 Å². The quantitative estimate of drug-likeness (QED) is 0.491. The van der Waals surface area contributed by atoms with E-state index in [-0.39, 0.29) is 5.91 Å². The number of ether oxygens (including phenoxy) is 3. The molecule has 0 heterocycles. The number of methoxy groups -OCH3 is 2. The summed E-state index contributed by atoms with van der Waals surface area (Å²) >= 11 is 3.42. The van der Waals surface area contributed by atoms with Gasteiger partial charge >= 0.3 is 0 Å². The van der Waals surface area contributed by atoms with Crippen molar-refractivity contribution >= 4 is 27.5 Å². The maximum Gasteiger partial charge on any atom is 0.255 e. The van der Waals surface area contributed by atoms with E-state index in [1.807, 2.05) is 48.5 Å². The molecule has 0 unspecified atom stereocenters. The van der Waals surface area contributed by atoms with Gasteiger partial charge in [-0.2, -0.15) is 0 Å². The number of halogens is 1. The molecule has 3 rings (SSSR count). The van der Waals surface area contributed by atoms with Crippen LogP contribution < -0.4 is 14.8 Å². The van der Waals surface area contributed by atoms with E-state index in [0.717, 1.165) is 15.6 Å². The number of hydrogen-bond acceptors (Lipinski definition) is 4. The second-order valence-electron chi connectivity index (χ2n) is 6.37. The lowest BCUT2D eigenvalue weighted by Gasteiger charge is -2.13. The SMILES string of the molecule is COCc1cccc(NC(=O)c2ccc(OCc3ccc(Br)cc3)c(OC)c2)c1. The van der Waals surface area contributed by atoms with Gasteiger partial charge in [-0.05, 0) is 53.6 Å². The van der Waals surface area contributed by atoms with E-state index in [0.29, 0.717) is 36.0 Å². The van der Waals surface area contributed by atoms with Crippen LogP contribution in [0.1, 0.15) is 21.5 Å². The number of amides is 1. The Labute approximate surface area is 178 Å². The smallest absolute Gasteiger partial charge is 0.255 e. The Kier molecular flexibility index (Phi) is 7.27. The molecule has 29 heavy (non-hydrogen) atoms. The average Bonchev–Trinajstić information content (AvgIpc) is 2.73. The van der Waals surface area contributed by atoms with Gasteiger partial charge in [-0.15, -0.1) is 0 Å². The fourth-order valence-corrected chi connectivity index (χ4v) is 3.04. The monoisotopic (exact) mass is 455 g/mol. The van der Waals surface area contributed by atoms with E-state index in [4.69, 9.17) is 14.2 Å². The third-order valence-corrected chi connectivity index (χ3v) is 4.76. The number of nitrogens with one attached hydrogen (secondary N) is 1. The number of anilines is 1. The first-order valence-corrected chi connectivity index (χ1v) is 9.83. The van der Waals surface area contributed by atoms with Gasteiger partial charge in [0.2, 0.25) is 0 Å². The van der Waals surface area contributed by atoms with Crippen LogP contribution in [0.3, 0.4) is 0 Å². The highest BCUT2D eigenvalue weighted by molar-refractivity contribution is 9.10. The standard InChI is InChI=1S/C23H22BrNO4/c1-27-14-17-4-3-5-20(12-17)25-23(26)18-8-11-21(22(13-18)28-2)29-15-16-6-9-19(24)10-7-16/h3-13H,14-15H2,1-2H3,(H,25,26). The molecule has 0 fully saturated rings. The first-order valence-electron chi connectivity index (χ1n) is 9.03. The van der Waals surface area contributed by atoms with Gasteiger partial charge < -0.3 is 19.5 Å². The van der Waals surface area contributed by atoms with Crippen molar-refractivity contribution in [1.29, 1.82) is 0 Å². The summed E-state index contributed by atoms with van der Waals surface area (Å²) in [7, 11) is 3.19. The minimum absolute atomic E-state index is 0.225. The molecule has 1 N–H and O–H groups in total. The van der Waals surface area contributed by atoms with E-state index in [1.54, 1.807) is 32.4 Å². The number of carbonyl (C=O) groups excluding carboxylic acids is 1. The van der Waals surface area contributed by atoms with Crippen LogP contribution >= 0.6 is 15.9 Å². The van der Waals surface area contributed by atoms with Gasteiger partial charge in [-0.3, -0.25) is 4.79 Å². The summed E-state index contributed by atoms with van der Waals surface area (Å²) in [4.78, 5) is 12.6. The fourth-order valence-electron chi connectivity index (χ4n) is 2.78. The molecule has 0 radical (unpaired) electrons. The lowest BCUT2D eigenvalue weighted by molar-refractivity contribution is 0.102. The van der Waals surface area contributed by atoms with Crippen LogP contribution in [0, 0.1) is 0 Å². The molecule has 0 aromatic heterocycles. The highest BCUT2D eigenvalue weighted by Gasteiger charge is 2.12. The van der Waals surface area contributed by atoms with E-state index in [2.05, 4.69) is 21.2 Å². The van der Waals surface area contributed by atoms with Crippen molar-refractivity contribution in [1.82, 2.24) is 0 Å². The molecule has 0 aliphatic carbocycles. The molecule has 1 amide bonds. The van der Waals surface area contributed by atoms with Crippen LogP contribution in [0.4, 0.5) is 5.69 Å². The van der Waals surface area contributed by atoms with Crippen molar-refractivity contribution < 1.29 is 19.0 Å². The summed E-state index contributed by atoms with van der Waals surface area (Å²) in [5.74, 6) is 0.856. The zero-order valence-electron chi connectivity index (χ0n) is 16.3. The summed E-state index contributed by atoms with van der Waals surface area (Å²) in [6, 6.07) is 20.6. The number of benzene rings is 3. The summed E-state index contributed by atoms with van der Waals surface area (Å²) in [5.41, 5.74) is 3.21. The predicted octanol–water partition coefficient (Wildman–Crippen LogP) is 5.44. The van der Waals surface area contributed by atoms with Crippen molar-refractivity contribution in [3.05, 3.63) is 87.9 Å². The lowest BCUT2D eigenvalue weighted by Crippen LogP contribution is -2.12. The van der Waals surface area contributed by atoms with Crippen molar-refractivity contribution in [3.63, 3.8) is 0 Å². The topological polar surface area (TPSA) is 56.8 Å². The Morgan fingerprint density at radius 1 is 0.897 bits per heavy atom. The second kappa shape index (κ2) is 10.1. The van der Waals surface area contributed by atoms with E-state index in [9.17, 15) is 4.79 Å². The lowest BCUT2D eigenvalue weighted by atomic mass is 10.1. The molecule has 0 aliphatic rings. The van der Waals surface area contributed by atoms with E-state index >= 15 is 0 Å².